The molecule has 1 aromatic rings. The van der Waals surface area contributed by atoms with Gasteiger partial charge in [-0.25, -0.2) is 4.79 Å². The van der Waals surface area contributed by atoms with Crippen LogP contribution in [-0.4, -0.2) is 30.8 Å². The number of rotatable bonds is 6. The Balaban J connectivity index is 2.68. The molecule has 88 valence electrons. The minimum atomic E-state index is -0.991. The number of carboxylic acids is 1. The van der Waals surface area contributed by atoms with E-state index in [1.807, 2.05) is 0 Å². The maximum Gasteiger partial charge on any atom is 0.344 e. The van der Waals surface area contributed by atoms with Crippen LogP contribution < -0.4 is 10.1 Å². The molecule has 0 aliphatic heterocycles. The first kappa shape index (κ1) is 12.8. The van der Waals surface area contributed by atoms with Gasteiger partial charge in [0.25, 0.3) is 0 Å². The summed E-state index contributed by atoms with van der Waals surface area (Å²) in [7, 11) is 1.76. The standard InChI is InChI=1S/C11H14ClNO3/c1-13-7-6-10(11(14)15)16-9-5-3-2-4-8(9)12/h2-5,10,13H,6-7H2,1H3,(H,14,15). The van der Waals surface area contributed by atoms with Gasteiger partial charge in [0.15, 0.2) is 6.10 Å². The van der Waals surface area contributed by atoms with E-state index < -0.39 is 12.1 Å². The van der Waals surface area contributed by atoms with E-state index in [9.17, 15) is 4.79 Å². The summed E-state index contributed by atoms with van der Waals surface area (Å²) in [5.74, 6) is -0.595. The van der Waals surface area contributed by atoms with Gasteiger partial charge in [0, 0.05) is 6.42 Å². The van der Waals surface area contributed by atoms with Crippen LogP contribution >= 0.6 is 11.6 Å². The second-order valence-corrected chi connectivity index (χ2v) is 3.67. The van der Waals surface area contributed by atoms with Gasteiger partial charge in [0.2, 0.25) is 0 Å². The largest absolute Gasteiger partial charge is 0.479 e. The third-order valence-corrected chi connectivity index (χ3v) is 2.35. The molecule has 1 atom stereocenters. The number of halogens is 1. The molecule has 2 N–H and O–H groups in total. The van der Waals surface area contributed by atoms with Crippen LogP contribution in [0.4, 0.5) is 0 Å². The van der Waals surface area contributed by atoms with Crippen molar-refractivity contribution < 1.29 is 14.6 Å². The lowest BCUT2D eigenvalue weighted by Gasteiger charge is -2.15. The fourth-order valence-corrected chi connectivity index (χ4v) is 1.38. The van der Waals surface area contributed by atoms with Crippen molar-refractivity contribution in [1.29, 1.82) is 0 Å². The van der Waals surface area contributed by atoms with Gasteiger partial charge in [-0.3, -0.25) is 0 Å². The highest BCUT2D eigenvalue weighted by Crippen LogP contribution is 2.24. The number of hydrogen-bond donors (Lipinski definition) is 2. The zero-order valence-corrected chi connectivity index (χ0v) is 9.70. The Kier molecular flexibility index (Phi) is 5.08. The van der Waals surface area contributed by atoms with E-state index >= 15 is 0 Å². The first-order valence-electron chi connectivity index (χ1n) is 4.93. The number of para-hydroxylation sites is 1. The molecule has 5 heteroatoms. The van der Waals surface area contributed by atoms with E-state index in [1.54, 1.807) is 31.3 Å². The fraction of sp³-hybridized carbons (Fsp3) is 0.364. The lowest BCUT2D eigenvalue weighted by atomic mass is 10.2. The topological polar surface area (TPSA) is 58.6 Å². The summed E-state index contributed by atoms with van der Waals surface area (Å²) in [4.78, 5) is 10.9. The molecule has 1 rings (SSSR count). The molecule has 0 saturated heterocycles. The molecule has 0 bridgehead atoms. The Morgan fingerprint density at radius 2 is 2.25 bits per heavy atom. The van der Waals surface area contributed by atoms with Crippen molar-refractivity contribution in [2.45, 2.75) is 12.5 Å². The molecular weight excluding hydrogens is 230 g/mol. The van der Waals surface area contributed by atoms with E-state index in [0.717, 1.165) is 0 Å². The summed E-state index contributed by atoms with van der Waals surface area (Å²) in [6.45, 7) is 0.571. The van der Waals surface area contributed by atoms with Crippen molar-refractivity contribution in [1.82, 2.24) is 5.32 Å². The summed E-state index contributed by atoms with van der Waals surface area (Å²) >= 11 is 5.87. The van der Waals surface area contributed by atoms with Gasteiger partial charge < -0.3 is 15.2 Å². The minimum Gasteiger partial charge on any atom is -0.479 e. The van der Waals surface area contributed by atoms with E-state index in [0.29, 0.717) is 23.7 Å². The SMILES string of the molecule is CNCCC(Oc1ccccc1Cl)C(=O)O. The Morgan fingerprint density at radius 1 is 1.56 bits per heavy atom. The fourth-order valence-electron chi connectivity index (χ4n) is 1.20. The molecule has 4 nitrogen and oxygen atoms in total. The summed E-state index contributed by atoms with van der Waals surface area (Å²) in [6, 6.07) is 6.82. The highest BCUT2D eigenvalue weighted by atomic mass is 35.5. The third kappa shape index (κ3) is 3.72. The maximum absolute atomic E-state index is 10.9. The van der Waals surface area contributed by atoms with Gasteiger partial charge in [0.05, 0.1) is 5.02 Å². The van der Waals surface area contributed by atoms with Crippen LogP contribution in [0.15, 0.2) is 24.3 Å². The number of aliphatic carboxylic acids is 1. The van der Waals surface area contributed by atoms with Crippen LogP contribution in [0.2, 0.25) is 5.02 Å². The molecule has 0 heterocycles. The molecule has 0 aromatic heterocycles. The number of carboxylic acid groups (broad SMARTS) is 1. The van der Waals surface area contributed by atoms with E-state index in [2.05, 4.69) is 5.32 Å². The molecule has 1 aromatic carbocycles. The van der Waals surface area contributed by atoms with Crippen LogP contribution in [0.3, 0.4) is 0 Å². The summed E-state index contributed by atoms with van der Waals surface area (Å²) in [5.41, 5.74) is 0. The van der Waals surface area contributed by atoms with Crippen molar-refractivity contribution in [3.05, 3.63) is 29.3 Å². The van der Waals surface area contributed by atoms with Crippen molar-refractivity contribution in [3.63, 3.8) is 0 Å². The highest BCUT2D eigenvalue weighted by molar-refractivity contribution is 6.32. The molecular formula is C11H14ClNO3. The lowest BCUT2D eigenvalue weighted by molar-refractivity contribution is -0.145. The molecule has 1 unspecified atom stereocenters. The molecule has 0 aliphatic carbocycles. The van der Waals surface area contributed by atoms with Gasteiger partial charge in [-0.15, -0.1) is 0 Å². The Labute approximate surface area is 99.2 Å². The van der Waals surface area contributed by atoms with Gasteiger partial charge >= 0.3 is 5.97 Å². The summed E-state index contributed by atoms with van der Waals surface area (Å²) < 4.78 is 5.34. The number of ether oxygens (including phenoxy) is 1. The van der Waals surface area contributed by atoms with Crippen LogP contribution in [0.25, 0.3) is 0 Å². The number of carbonyl (C=O) groups is 1. The molecule has 0 radical (unpaired) electrons. The van der Waals surface area contributed by atoms with Crippen molar-refractivity contribution in [2.24, 2.45) is 0 Å². The lowest BCUT2D eigenvalue weighted by Crippen LogP contribution is -2.30. The first-order chi connectivity index (χ1) is 7.65. The van der Waals surface area contributed by atoms with E-state index in [1.165, 1.54) is 0 Å². The third-order valence-electron chi connectivity index (χ3n) is 2.04. The van der Waals surface area contributed by atoms with E-state index in [-0.39, 0.29) is 0 Å². The number of benzene rings is 1. The minimum absolute atomic E-state index is 0.386. The molecule has 0 amide bonds. The average Bonchev–Trinajstić information content (AvgIpc) is 2.26. The highest BCUT2D eigenvalue weighted by Gasteiger charge is 2.19. The van der Waals surface area contributed by atoms with Gasteiger partial charge in [-0.1, -0.05) is 23.7 Å². The number of hydrogen-bond acceptors (Lipinski definition) is 3. The predicted octanol–water partition coefficient (Wildman–Crippen LogP) is 1.78. The molecule has 0 spiro atoms. The Hall–Kier alpha value is -1.26. The summed E-state index contributed by atoms with van der Waals surface area (Å²) in [5, 5.41) is 12.2. The van der Waals surface area contributed by atoms with Gasteiger partial charge in [-0.05, 0) is 25.7 Å². The van der Waals surface area contributed by atoms with Crippen molar-refractivity contribution in [3.8, 4) is 5.75 Å². The second kappa shape index (κ2) is 6.35. The molecule has 16 heavy (non-hydrogen) atoms. The van der Waals surface area contributed by atoms with Crippen molar-refractivity contribution in [2.75, 3.05) is 13.6 Å². The molecule has 0 aliphatic rings. The quantitative estimate of drug-likeness (QED) is 0.800. The zero-order valence-electron chi connectivity index (χ0n) is 8.94. The first-order valence-corrected chi connectivity index (χ1v) is 5.31. The summed E-state index contributed by atoms with van der Waals surface area (Å²) in [6.07, 6.45) is -0.496. The molecule has 0 fully saturated rings. The Bertz CT molecular complexity index is 357. The smallest absolute Gasteiger partial charge is 0.344 e. The maximum atomic E-state index is 10.9. The average molecular weight is 244 g/mol. The Morgan fingerprint density at radius 3 is 2.81 bits per heavy atom. The second-order valence-electron chi connectivity index (χ2n) is 3.27. The van der Waals surface area contributed by atoms with Crippen LogP contribution in [0.1, 0.15) is 6.42 Å². The number of nitrogens with one attached hydrogen (secondary N) is 1. The predicted molar refractivity (Wildman–Crippen MR) is 62.0 cm³/mol. The van der Waals surface area contributed by atoms with Crippen LogP contribution in [0, 0.1) is 0 Å². The monoisotopic (exact) mass is 243 g/mol. The zero-order chi connectivity index (χ0) is 12.0. The van der Waals surface area contributed by atoms with Gasteiger partial charge in [0.1, 0.15) is 5.75 Å². The van der Waals surface area contributed by atoms with Gasteiger partial charge in [-0.2, -0.15) is 0 Å². The van der Waals surface area contributed by atoms with E-state index in [4.69, 9.17) is 21.4 Å². The normalized spacial score (nSPS) is 12.1. The van der Waals surface area contributed by atoms with Crippen molar-refractivity contribution >= 4 is 17.6 Å². The van der Waals surface area contributed by atoms with Crippen LogP contribution in [-0.2, 0) is 4.79 Å². The molecule has 0 saturated carbocycles. The van der Waals surface area contributed by atoms with Crippen LogP contribution in [0.5, 0.6) is 5.75 Å².